The molecule has 0 saturated carbocycles. The Morgan fingerprint density at radius 1 is 1.29 bits per heavy atom. The van der Waals surface area contributed by atoms with Gasteiger partial charge in [-0.05, 0) is 36.8 Å². The van der Waals surface area contributed by atoms with E-state index in [9.17, 15) is 9.59 Å². The van der Waals surface area contributed by atoms with Crippen LogP contribution >= 0.6 is 23.1 Å². The van der Waals surface area contributed by atoms with E-state index in [2.05, 4.69) is 15.6 Å². The predicted molar refractivity (Wildman–Crippen MR) is 98.1 cm³/mol. The molecule has 7 heteroatoms. The first-order chi connectivity index (χ1) is 11.6. The molecule has 1 aliphatic heterocycles. The molecule has 1 aliphatic rings. The number of para-hydroxylation sites is 1. The van der Waals surface area contributed by atoms with Crippen LogP contribution in [0.15, 0.2) is 41.3 Å². The molecular weight excluding hydrogens is 342 g/mol. The van der Waals surface area contributed by atoms with Crippen LogP contribution < -0.4 is 10.6 Å². The zero-order valence-electron chi connectivity index (χ0n) is 12.8. The first-order valence-electron chi connectivity index (χ1n) is 7.34. The van der Waals surface area contributed by atoms with Crippen LogP contribution in [0.25, 0.3) is 10.2 Å². The Hall–Kier alpha value is -2.38. The Kier molecular flexibility index (Phi) is 3.74. The highest BCUT2D eigenvalue weighted by molar-refractivity contribution is 8.00. The van der Waals surface area contributed by atoms with E-state index in [0.29, 0.717) is 22.1 Å². The first kappa shape index (κ1) is 15.2. The van der Waals surface area contributed by atoms with Gasteiger partial charge in [0.15, 0.2) is 5.13 Å². The largest absolute Gasteiger partial charge is 0.324 e. The molecule has 0 fully saturated rings. The van der Waals surface area contributed by atoms with Crippen LogP contribution in [0.2, 0.25) is 0 Å². The second-order valence-electron chi connectivity index (χ2n) is 5.44. The SMILES string of the molecule is Cc1cccc2sc(NC(=O)c3ccc4c(c3)NC(=O)CS4)nc12. The molecule has 4 rings (SSSR count). The molecule has 24 heavy (non-hydrogen) atoms. The Labute approximate surface area is 146 Å². The second kappa shape index (κ2) is 5.92. The highest BCUT2D eigenvalue weighted by Gasteiger charge is 2.18. The van der Waals surface area contributed by atoms with Crippen LogP contribution in [0.3, 0.4) is 0 Å². The van der Waals surface area contributed by atoms with Crippen LogP contribution in [0.1, 0.15) is 15.9 Å². The minimum absolute atomic E-state index is 0.0493. The van der Waals surface area contributed by atoms with Gasteiger partial charge in [0.2, 0.25) is 5.91 Å². The minimum Gasteiger partial charge on any atom is -0.324 e. The van der Waals surface area contributed by atoms with Crippen LogP contribution in [0.4, 0.5) is 10.8 Å². The fraction of sp³-hybridized carbons (Fsp3) is 0.118. The van der Waals surface area contributed by atoms with Crippen molar-refractivity contribution in [2.24, 2.45) is 0 Å². The van der Waals surface area contributed by atoms with E-state index in [1.54, 1.807) is 12.1 Å². The van der Waals surface area contributed by atoms with Crippen LogP contribution in [0, 0.1) is 6.92 Å². The van der Waals surface area contributed by atoms with Crippen molar-refractivity contribution in [3.05, 3.63) is 47.5 Å². The van der Waals surface area contributed by atoms with Crippen molar-refractivity contribution in [2.45, 2.75) is 11.8 Å². The summed E-state index contributed by atoms with van der Waals surface area (Å²) >= 11 is 2.92. The van der Waals surface area contributed by atoms with E-state index in [4.69, 9.17) is 0 Å². The van der Waals surface area contributed by atoms with Gasteiger partial charge >= 0.3 is 0 Å². The predicted octanol–water partition coefficient (Wildman–Crippen LogP) is 3.90. The molecular formula is C17H13N3O2S2. The number of carbonyl (C=O) groups excluding carboxylic acids is 2. The third kappa shape index (κ3) is 2.76. The van der Waals surface area contributed by atoms with Gasteiger partial charge in [-0.25, -0.2) is 4.98 Å². The molecule has 0 spiro atoms. The number of amides is 2. The number of hydrogen-bond acceptors (Lipinski definition) is 5. The van der Waals surface area contributed by atoms with E-state index < -0.39 is 0 Å². The second-order valence-corrected chi connectivity index (χ2v) is 7.49. The Morgan fingerprint density at radius 2 is 2.17 bits per heavy atom. The Balaban J connectivity index is 1.60. The van der Waals surface area contributed by atoms with Crippen molar-refractivity contribution < 1.29 is 9.59 Å². The third-order valence-electron chi connectivity index (χ3n) is 3.72. The summed E-state index contributed by atoms with van der Waals surface area (Å²) in [5.74, 6) is 0.120. The highest BCUT2D eigenvalue weighted by atomic mass is 32.2. The molecule has 0 aliphatic carbocycles. The number of fused-ring (bicyclic) bond motifs is 2. The lowest BCUT2D eigenvalue weighted by molar-refractivity contribution is -0.113. The van der Waals surface area contributed by atoms with Gasteiger partial charge in [-0.3, -0.25) is 14.9 Å². The zero-order chi connectivity index (χ0) is 16.7. The average molecular weight is 355 g/mol. The fourth-order valence-corrected chi connectivity index (χ4v) is 4.26. The quantitative estimate of drug-likeness (QED) is 0.731. The molecule has 0 saturated heterocycles. The molecule has 0 radical (unpaired) electrons. The number of anilines is 2. The lowest BCUT2D eigenvalue weighted by atomic mass is 10.2. The summed E-state index contributed by atoms with van der Waals surface area (Å²) in [5, 5.41) is 6.21. The molecule has 2 aromatic carbocycles. The highest BCUT2D eigenvalue weighted by Crippen LogP contribution is 2.32. The number of thioether (sulfide) groups is 1. The maximum absolute atomic E-state index is 12.5. The average Bonchev–Trinajstić information content (AvgIpc) is 2.98. The summed E-state index contributed by atoms with van der Waals surface area (Å²) in [6.07, 6.45) is 0. The van der Waals surface area contributed by atoms with Crippen LogP contribution in [-0.4, -0.2) is 22.6 Å². The van der Waals surface area contributed by atoms with E-state index >= 15 is 0 Å². The fourth-order valence-electron chi connectivity index (χ4n) is 2.53. The maximum atomic E-state index is 12.5. The number of carbonyl (C=O) groups is 2. The molecule has 3 aromatic rings. The topological polar surface area (TPSA) is 71.1 Å². The van der Waals surface area contributed by atoms with Crippen LogP contribution in [-0.2, 0) is 4.79 Å². The van der Waals surface area contributed by atoms with Gasteiger partial charge in [0.25, 0.3) is 5.91 Å². The van der Waals surface area contributed by atoms with Gasteiger partial charge < -0.3 is 5.32 Å². The molecule has 1 aromatic heterocycles. The zero-order valence-corrected chi connectivity index (χ0v) is 14.4. The Bertz CT molecular complexity index is 981. The van der Waals surface area contributed by atoms with Gasteiger partial charge in [-0.15, -0.1) is 11.8 Å². The van der Waals surface area contributed by atoms with Gasteiger partial charge in [0, 0.05) is 10.5 Å². The summed E-state index contributed by atoms with van der Waals surface area (Å²) in [7, 11) is 0. The molecule has 2 heterocycles. The number of nitrogens with zero attached hydrogens (tertiary/aromatic N) is 1. The monoisotopic (exact) mass is 355 g/mol. The molecule has 0 atom stereocenters. The van der Waals surface area contributed by atoms with E-state index in [0.717, 1.165) is 20.7 Å². The summed E-state index contributed by atoms with van der Waals surface area (Å²) in [5.41, 5.74) is 3.17. The van der Waals surface area contributed by atoms with Gasteiger partial charge in [0.05, 0.1) is 21.7 Å². The Morgan fingerprint density at radius 3 is 3.00 bits per heavy atom. The normalized spacial score (nSPS) is 13.5. The number of aryl methyl sites for hydroxylation is 1. The summed E-state index contributed by atoms with van der Waals surface area (Å²) < 4.78 is 1.04. The first-order valence-corrected chi connectivity index (χ1v) is 9.14. The minimum atomic E-state index is -0.237. The molecule has 0 unspecified atom stereocenters. The summed E-state index contributed by atoms with van der Waals surface area (Å²) in [4.78, 5) is 29.4. The van der Waals surface area contributed by atoms with Gasteiger partial charge in [0.1, 0.15) is 0 Å². The molecule has 2 amide bonds. The van der Waals surface area contributed by atoms with Gasteiger partial charge in [-0.2, -0.15) is 0 Å². The third-order valence-corrected chi connectivity index (χ3v) is 5.73. The van der Waals surface area contributed by atoms with E-state index in [-0.39, 0.29) is 11.8 Å². The molecule has 120 valence electrons. The van der Waals surface area contributed by atoms with Crippen molar-refractivity contribution >= 4 is 55.9 Å². The number of rotatable bonds is 2. The number of benzene rings is 2. The number of nitrogens with one attached hydrogen (secondary N) is 2. The molecule has 0 bridgehead atoms. The van der Waals surface area contributed by atoms with Crippen molar-refractivity contribution in [3.8, 4) is 0 Å². The molecule has 2 N–H and O–H groups in total. The van der Waals surface area contributed by atoms with Crippen molar-refractivity contribution in [1.29, 1.82) is 0 Å². The number of hydrogen-bond donors (Lipinski definition) is 2. The number of thiazole rings is 1. The van der Waals surface area contributed by atoms with E-state index in [1.807, 2.05) is 31.2 Å². The lowest BCUT2D eigenvalue weighted by Crippen LogP contribution is -2.19. The summed E-state index contributed by atoms with van der Waals surface area (Å²) in [6.45, 7) is 2.00. The van der Waals surface area contributed by atoms with Crippen molar-refractivity contribution in [1.82, 2.24) is 4.98 Å². The number of aromatic nitrogens is 1. The van der Waals surface area contributed by atoms with Gasteiger partial charge in [-0.1, -0.05) is 23.5 Å². The maximum Gasteiger partial charge on any atom is 0.257 e. The van der Waals surface area contributed by atoms with Crippen LogP contribution in [0.5, 0.6) is 0 Å². The lowest BCUT2D eigenvalue weighted by Gasteiger charge is -2.16. The summed E-state index contributed by atoms with van der Waals surface area (Å²) in [6, 6.07) is 11.3. The van der Waals surface area contributed by atoms with Crippen molar-refractivity contribution in [3.63, 3.8) is 0 Å². The standard InChI is InChI=1S/C17H13N3O2S2/c1-9-3-2-4-13-15(9)19-17(24-13)20-16(22)10-5-6-12-11(7-10)18-14(21)8-23-12/h2-7H,8H2,1H3,(H,18,21)(H,19,20,22). The molecule has 5 nitrogen and oxygen atoms in total. The smallest absolute Gasteiger partial charge is 0.257 e. The van der Waals surface area contributed by atoms with E-state index in [1.165, 1.54) is 23.1 Å². The van der Waals surface area contributed by atoms with Crippen molar-refractivity contribution in [2.75, 3.05) is 16.4 Å².